The monoisotopic (exact) mass is 368 g/mol. The molecule has 0 atom stereocenters. The van der Waals surface area contributed by atoms with Crippen LogP contribution in [0.5, 0.6) is 0 Å². The summed E-state index contributed by atoms with van der Waals surface area (Å²) in [6.45, 7) is 4.13. The smallest absolute Gasteiger partial charge is 0.261 e. The van der Waals surface area contributed by atoms with Gasteiger partial charge in [0.1, 0.15) is 0 Å². The first kappa shape index (κ1) is 16.0. The van der Waals surface area contributed by atoms with Crippen LogP contribution in [0.25, 0.3) is 0 Å². The van der Waals surface area contributed by atoms with Crippen molar-refractivity contribution in [3.8, 4) is 0 Å². The lowest BCUT2D eigenvalue weighted by Crippen LogP contribution is -2.15. The topological polar surface area (TPSA) is 72.2 Å². The van der Waals surface area contributed by atoms with E-state index < -0.39 is 10.0 Å². The van der Waals surface area contributed by atoms with Crippen molar-refractivity contribution in [2.45, 2.75) is 25.3 Å². The van der Waals surface area contributed by atoms with Crippen molar-refractivity contribution < 1.29 is 8.42 Å². The Bertz CT molecular complexity index is 750. The summed E-state index contributed by atoms with van der Waals surface area (Å²) in [7, 11) is -3.64. The molecular formula is C15H17BrN2O2S. The van der Waals surface area contributed by atoms with Gasteiger partial charge in [-0.1, -0.05) is 18.2 Å². The lowest BCUT2D eigenvalue weighted by atomic mass is 10.1. The molecule has 0 fully saturated rings. The molecule has 2 aromatic rings. The van der Waals surface area contributed by atoms with E-state index in [-0.39, 0.29) is 4.90 Å². The molecule has 4 nitrogen and oxygen atoms in total. The lowest BCUT2D eigenvalue weighted by Gasteiger charge is -2.14. The van der Waals surface area contributed by atoms with Gasteiger partial charge < -0.3 is 5.73 Å². The Labute approximate surface area is 133 Å². The van der Waals surface area contributed by atoms with Crippen LogP contribution in [0.2, 0.25) is 0 Å². The van der Waals surface area contributed by atoms with Crippen molar-refractivity contribution in [2.24, 2.45) is 5.73 Å². The highest BCUT2D eigenvalue weighted by molar-refractivity contribution is 9.10. The van der Waals surface area contributed by atoms with Gasteiger partial charge in [0.2, 0.25) is 0 Å². The highest BCUT2D eigenvalue weighted by atomic mass is 79.9. The first-order chi connectivity index (χ1) is 9.83. The molecule has 0 heterocycles. The van der Waals surface area contributed by atoms with Gasteiger partial charge in [0.05, 0.1) is 10.6 Å². The van der Waals surface area contributed by atoms with E-state index >= 15 is 0 Å². The van der Waals surface area contributed by atoms with Crippen LogP contribution in [0.1, 0.15) is 16.7 Å². The third-order valence-electron chi connectivity index (χ3n) is 3.11. The van der Waals surface area contributed by atoms with Gasteiger partial charge in [-0.2, -0.15) is 0 Å². The fraction of sp³-hybridized carbons (Fsp3) is 0.200. The number of nitrogens with two attached hydrogens (primary N) is 1. The van der Waals surface area contributed by atoms with Crippen LogP contribution >= 0.6 is 15.9 Å². The summed E-state index contributed by atoms with van der Waals surface area (Å²) in [5, 5.41) is 0. The molecule has 21 heavy (non-hydrogen) atoms. The molecule has 2 rings (SSSR count). The van der Waals surface area contributed by atoms with E-state index in [0.717, 1.165) is 21.2 Å². The van der Waals surface area contributed by atoms with Gasteiger partial charge >= 0.3 is 0 Å². The number of halogens is 1. The van der Waals surface area contributed by atoms with E-state index in [1.807, 2.05) is 26.0 Å². The SMILES string of the molecule is Cc1cc(C)c(NS(=O)(=O)c2cccc(CN)c2)c(Br)c1. The minimum atomic E-state index is -3.64. The van der Waals surface area contributed by atoms with Crippen molar-refractivity contribution in [1.29, 1.82) is 0 Å². The molecule has 2 aromatic carbocycles. The number of nitrogens with one attached hydrogen (secondary N) is 1. The molecule has 0 aromatic heterocycles. The number of hydrogen-bond donors (Lipinski definition) is 2. The second-order valence-corrected chi connectivity index (χ2v) is 7.43. The zero-order valence-corrected chi connectivity index (χ0v) is 14.3. The lowest BCUT2D eigenvalue weighted by molar-refractivity contribution is 0.601. The van der Waals surface area contributed by atoms with E-state index in [1.165, 1.54) is 0 Å². The minimum Gasteiger partial charge on any atom is -0.326 e. The summed E-state index contributed by atoms with van der Waals surface area (Å²) in [6.07, 6.45) is 0. The number of aryl methyl sites for hydroxylation is 2. The van der Waals surface area contributed by atoms with Gasteiger partial charge in [-0.3, -0.25) is 4.72 Å². The summed E-state index contributed by atoms with van der Waals surface area (Å²) in [5.74, 6) is 0. The van der Waals surface area contributed by atoms with Crippen LogP contribution in [0.4, 0.5) is 5.69 Å². The fourth-order valence-electron chi connectivity index (χ4n) is 2.08. The van der Waals surface area contributed by atoms with Crippen molar-refractivity contribution in [2.75, 3.05) is 4.72 Å². The summed E-state index contributed by atoms with van der Waals surface area (Å²) in [4.78, 5) is 0.206. The number of rotatable bonds is 4. The standard InChI is InChI=1S/C15H17BrN2O2S/c1-10-6-11(2)15(14(16)7-10)18-21(19,20)13-5-3-4-12(8-13)9-17/h3-8,18H,9,17H2,1-2H3. The molecule has 0 saturated heterocycles. The summed E-state index contributed by atoms with van der Waals surface area (Å²) >= 11 is 3.40. The van der Waals surface area contributed by atoms with Crippen molar-refractivity contribution in [1.82, 2.24) is 0 Å². The van der Waals surface area contributed by atoms with Crippen LogP contribution in [0.3, 0.4) is 0 Å². The average molecular weight is 369 g/mol. The van der Waals surface area contributed by atoms with Gasteiger partial charge in [0.15, 0.2) is 0 Å². The summed E-state index contributed by atoms with van der Waals surface area (Å²) in [6, 6.07) is 10.4. The Hall–Kier alpha value is -1.37. The number of benzene rings is 2. The fourth-order valence-corrected chi connectivity index (χ4v) is 4.20. The quantitative estimate of drug-likeness (QED) is 0.869. The molecule has 112 valence electrons. The molecule has 0 unspecified atom stereocenters. The molecule has 0 aliphatic rings. The van der Waals surface area contributed by atoms with Crippen molar-refractivity contribution >= 4 is 31.6 Å². The Morgan fingerprint density at radius 2 is 1.90 bits per heavy atom. The normalized spacial score (nSPS) is 11.4. The van der Waals surface area contributed by atoms with Crippen molar-refractivity contribution in [3.63, 3.8) is 0 Å². The molecule has 0 aliphatic heterocycles. The van der Waals surface area contributed by atoms with E-state index in [4.69, 9.17) is 5.73 Å². The maximum absolute atomic E-state index is 12.5. The van der Waals surface area contributed by atoms with Crippen LogP contribution in [0, 0.1) is 13.8 Å². The first-order valence-electron chi connectivity index (χ1n) is 6.42. The molecule has 0 spiro atoms. The molecule has 0 amide bonds. The van der Waals surface area contributed by atoms with E-state index in [9.17, 15) is 8.42 Å². The summed E-state index contributed by atoms with van der Waals surface area (Å²) < 4.78 is 28.3. The molecule has 6 heteroatoms. The minimum absolute atomic E-state index is 0.206. The highest BCUT2D eigenvalue weighted by Gasteiger charge is 2.17. The second-order valence-electron chi connectivity index (χ2n) is 4.90. The van der Waals surface area contributed by atoms with Crippen molar-refractivity contribution in [3.05, 3.63) is 57.6 Å². The van der Waals surface area contributed by atoms with Crippen LogP contribution in [0.15, 0.2) is 45.8 Å². The average Bonchev–Trinajstić information content (AvgIpc) is 2.43. The zero-order valence-electron chi connectivity index (χ0n) is 11.9. The van der Waals surface area contributed by atoms with Gasteiger partial charge in [-0.05, 0) is 64.7 Å². The molecule has 0 aliphatic carbocycles. The third kappa shape index (κ3) is 3.64. The van der Waals surface area contributed by atoms with Gasteiger partial charge in [0, 0.05) is 11.0 Å². The third-order valence-corrected chi connectivity index (χ3v) is 5.09. The zero-order chi connectivity index (χ0) is 15.6. The molecule has 0 radical (unpaired) electrons. The van der Waals surface area contributed by atoms with Crippen LogP contribution in [-0.4, -0.2) is 8.42 Å². The van der Waals surface area contributed by atoms with E-state index in [0.29, 0.717) is 12.2 Å². The Balaban J connectivity index is 2.42. The largest absolute Gasteiger partial charge is 0.326 e. The maximum atomic E-state index is 12.5. The van der Waals surface area contributed by atoms with Gasteiger partial charge in [-0.15, -0.1) is 0 Å². The first-order valence-corrected chi connectivity index (χ1v) is 8.69. The van der Waals surface area contributed by atoms with Crippen LogP contribution in [-0.2, 0) is 16.6 Å². The Kier molecular flexibility index (Phi) is 4.70. The Morgan fingerprint density at radius 1 is 1.19 bits per heavy atom. The predicted octanol–water partition coefficient (Wildman–Crippen LogP) is 3.33. The Morgan fingerprint density at radius 3 is 2.52 bits per heavy atom. The number of anilines is 1. The highest BCUT2D eigenvalue weighted by Crippen LogP contribution is 2.30. The second kappa shape index (κ2) is 6.17. The number of sulfonamides is 1. The molecule has 3 N–H and O–H groups in total. The predicted molar refractivity (Wildman–Crippen MR) is 88.8 cm³/mol. The molecular weight excluding hydrogens is 352 g/mol. The van der Waals surface area contributed by atoms with E-state index in [2.05, 4.69) is 20.7 Å². The number of hydrogen-bond acceptors (Lipinski definition) is 3. The molecule has 0 bridgehead atoms. The summed E-state index contributed by atoms with van der Waals surface area (Å²) in [5.41, 5.74) is 8.81. The van der Waals surface area contributed by atoms with Gasteiger partial charge in [-0.25, -0.2) is 8.42 Å². The molecule has 0 saturated carbocycles. The van der Waals surface area contributed by atoms with Crippen LogP contribution < -0.4 is 10.5 Å². The maximum Gasteiger partial charge on any atom is 0.261 e. The van der Waals surface area contributed by atoms with Gasteiger partial charge in [0.25, 0.3) is 10.0 Å². The van der Waals surface area contributed by atoms with E-state index in [1.54, 1.807) is 24.3 Å².